The lowest BCUT2D eigenvalue weighted by molar-refractivity contribution is 0.0600. The van der Waals surface area contributed by atoms with Crippen LogP contribution in [0.5, 0.6) is 0 Å². The first-order valence-electron chi connectivity index (χ1n) is 9.73. The maximum absolute atomic E-state index is 14.9. The van der Waals surface area contributed by atoms with Crippen LogP contribution in [-0.2, 0) is 15.9 Å². The number of imidazole rings is 1. The Morgan fingerprint density at radius 1 is 1.22 bits per heavy atom. The van der Waals surface area contributed by atoms with Crippen molar-refractivity contribution >= 4 is 32.9 Å². The van der Waals surface area contributed by atoms with Gasteiger partial charge in [0.2, 0.25) is 0 Å². The highest BCUT2D eigenvalue weighted by Crippen LogP contribution is 2.41. The quantitative estimate of drug-likeness (QED) is 0.204. The molecule has 4 rings (SSSR count). The lowest BCUT2D eigenvalue weighted by Gasteiger charge is -2.28. The van der Waals surface area contributed by atoms with Crippen LogP contribution in [-0.4, -0.2) is 35.8 Å². The topological polar surface area (TPSA) is 53.3 Å². The standard InChI is InChI=1S/C22H19BrF4N2O3/c1-22(2)9-32-8-16(22)29-15-5-10(21(30)31-3)4-14(25)20(15)28-17(29)6-11-13(24)7-12(23)19(27)18(11)26/h4-5,7,16H,6,8-9H2,1-3H3. The molecule has 0 spiro atoms. The summed E-state index contributed by atoms with van der Waals surface area (Å²) in [6, 6.07) is 2.87. The molecule has 1 aliphatic heterocycles. The van der Waals surface area contributed by atoms with Gasteiger partial charge in [0.1, 0.15) is 17.2 Å². The molecule has 3 aromatic rings. The first-order valence-corrected chi connectivity index (χ1v) is 10.5. The molecule has 0 saturated carbocycles. The van der Waals surface area contributed by atoms with Crippen molar-refractivity contribution < 1.29 is 31.8 Å². The van der Waals surface area contributed by atoms with E-state index < -0.39 is 46.6 Å². The predicted molar refractivity (Wildman–Crippen MR) is 111 cm³/mol. The Hall–Kier alpha value is -2.46. The molecule has 2 aromatic carbocycles. The summed E-state index contributed by atoms with van der Waals surface area (Å²) in [6.45, 7) is 4.50. The van der Waals surface area contributed by atoms with Gasteiger partial charge in [-0.15, -0.1) is 0 Å². The number of benzene rings is 2. The zero-order chi connectivity index (χ0) is 23.4. The van der Waals surface area contributed by atoms with Gasteiger partial charge in [-0.3, -0.25) is 0 Å². The lowest BCUT2D eigenvalue weighted by Crippen LogP contribution is -2.27. The van der Waals surface area contributed by atoms with Crippen LogP contribution in [0.25, 0.3) is 11.0 Å². The number of methoxy groups -OCH3 is 1. The molecule has 170 valence electrons. The number of carbonyl (C=O) groups excluding carboxylic acids is 1. The van der Waals surface area contributed by atoms with Crippen LogP contribution < -0.4 is 0 Å². The number of hydrogen-bond donors (Lipinski definition) is 0. The van der Waals surface area contributed by atoms with Gasteiger partial charge in [-0.2, -0.15) is 0 Å². The molecule has 1 fully saturated rings. The van der Waals surface area contributed by atoms with Gasteiger partial charge >= 0.3 is 5.97 Å². The SMILES string of the molecule is COC(=O)c1cc(F)c2nc(Cc3c(F)cc(Br)c(F)c3F)n(C3COCC3(C)C)c2c1. The highest BCUT2D eigenvalue weighted by Gasteiger charge is 2.39. The number of fused-ring (bicyclic) bond motifs is 1. The molecular formula is C22H19BrF4N2O3. The molecule has 10 heteroatoms. The molecule has 1 saturated heterocycles. The monoisotopic (exact) mass is 514 g/mol. The van der Waals surface area contributed by atoms with Crippen LogP contribution in [0.3, 0.4) is 0 Å². The summed E-state index contributed by atoms with van der Waals surface area (Å²) in [5, 5.41) is 0. The second-order valence-electron chi connectivity index (χ2n) is 8.36. The van der Waals surface area contributed by atoms with Crippen molar-refractivity contribution in [1.82, 2.24) is 9.55 Å². The molecule has 5 nitrogen and oxygen atoms in total. The largest absolute Gasteiger partial charge is 0.465 e. The maximum Gasteiger partial charge on any atom is 0.338 e. The Morgan fingerprint density at radius 2 is 1.94 bits per heavy atom. The van der Waals surface area contributed by atoms with E-state index in [0.29, 0.717) is 6.61 Å². The van der Waals surface area contributed by atoms with Gasteiger partial charge in [-0.05, 0) is 34.1 Å². The zero-order valence-electron chi connectivity index (χ0n) is 17.4. The highest BCUT2D eigenvalue weighted by molar-refractivity contribution is 9.10. The summed E-state index contributed by atoms with van der Waals surface area (Å²) in [6.07, 6.45) is -0.434. The van der Waals surface area contributed by atoms with Crippen LogP contribution in [0.15, 0.2) is 22.7 Å². The normalized spacial score (nSPS) is 17.8. The van der Waals surface area contributed by atoms with Crippen LogP contribution in [0.4, 0.5) is 17.6 Å². The van der Waals surface area contributed by atoms with Gasteiger partial charge in [0.05, 0.1) is 41.9 Å². The zero-order valence-corrected chi connectivity index (χ0v) is 19.0. The van der Waals surface area contributed by atoms with E-state index in [2.05, 4.69) is 20.9 Å². The van der Waals surface area contributed by atoms with Crippen LogP contribution >= 0.6 is 15.9 Å². The van der Waals surface area contributed by atoms with Gasteiger partial charge in [-0.1, -0.05) is 13.8 Å². The van der Waals surface area contributed by atoms with Gasteiger partial charge in [0.15, 0.2) is 17.5 Å². The highest BCUT2D eigenvalue weighted by atomic mass is 79.9. The molecule has 0 amide bonds. The van der Waals surface area contributed by atoms with E-state index in [0.717, 1.165) is 12.1 Å². The van der Waals surface area contributed by atoms with Gasteiger partial charge in [0.25, 0.3) is 0 Å². The Bertz CT molecular complexity index is 1240. The molecule has 0 radical (unpaired) electrons. The molecular weight excluding hydrogens is 496 g/mol. The molecule has 1 aliphatic rings. The fraction of sp³-hybridized carbons (Fsp3) is 0.364. The Kier molecular flexibility index (Phi) is 5.79. The Balaban J connectivity index is 1.97. The van der Waals surface area contributed by atoms with Crippen molar-refractivity contribution in [2.75, 3.05) is 20.3 Å². The lowest BCUT2D eigenvalue weighted by atomic mass is 9.87. The van der Waals surface area contributed by atoms with Crippen molar-refractivity contribution in [2.24, 2.45) is 5.41 Å². The molecule has 0 N–H and O–H groups in total. The fourth-order valence-electron chi connectivity index (χ4n) is 4.01. The molecule has 0 aliphatic carbocycles. The van der Waals surface area contributed by atoms with E-state index in [1.54, 1.807) is 4.57 Å². The summed E-state index contributed by atoms with van der Waals surface area (Å²) in [4.78, 5) is 16.3. The third kappa shape index (κ3) is 3.69. The van der Waals surface area contributed by atoms with Gasteiger partial charge in [0, 0.05) is 17.4 Å². The molecule has 1 atom stereocenters. The minimum Gasteiger partial charge on any atom is -0.465 e. The number of halogens is 5. The average molecular weight is 515 g/mol. The number of ether oxygens (including phenoxy) is 2. The van der Waals surface area contributed by atoms with Crippen molar-refractivity contribution in [1.29, 1.82) is 0 Å². The van der Waals surface area contributed by atoms with Gasteiger partial charge < -0.3 is 14.0 Å². The minimum absolute atomic E-state index is 0.0334. The summed E-state index contributed by atoms with van der Waals surface area (Å²) in [7, 11) is 1.18. The van der Waals surface area contributed by atoms with Crippen molar-refractivity contribution in [3.05, 3.63) is 62.9 Å². The molecule has 0 bridgehead atoms. The summed E-state index contributed by atoms with van der Waals surface area (Å²) < 4.78 is 69.7. The minimum atomic E-state index is -1.35. The van der Waals surface area contributed by atoms with Crippen LogP contribution in [0.2, 0.25) is 0 Å². The fourth-order valence-corrected chi connectivity index (χ4v) is 4.39. The van der Waals surface area contributed by atoms with E-state index in [1.807, 2.05) is 13.8 Å². The number of nitrogens with zero attached hydrogens (tertiary/aromatic N) is 2. The van der Waals surface area contributed by atoms with E-state index in [-0.39, 0.29) is 39.5 Å². The Labute approximate surface area is 189 Å². The van der Waals surface area contributed by atoms with Crippen LogP contribution in [0.1, 0.15) is 41.6 Å². The third-order valence-electron chi connectivity index (χ3n) is 5.75. The maximum atomic E-state index is 14.9. The van der Waals surface area contributed by atoms with Crippen molar-refractivity contribution in [2.45, 2.75) is 26.3 Å². The van der Waals surface area contributed by atoms with E-state index in [1.165, 1.54) is 13.2 Å². The third-order valence-corrected chi connectivity index (χ3v) is 6.33. The van der Waals surface area contributed by atoms with E-state index >= 15 is 0 Å². The second kappa shape index (κ2) is 8.15. The molecule has 1 unspecified atom stereocenters. The van der Waals surface area contributed by atoms with Gasteiger partial charge in [-0.25, -0.2) is 27.3 Å². The van der Waals surface area contributed by atoms with E-state index in [9.17, 15) is 22.4 Å². The predicted octanol–water partition coefficient (Wildman–Crippen LogP) is 5.33. The average Bonchev–Trinajstić information content (AvgIpc) is 3.27. The Morgan fingerprint density at radius 3 is 2.56 bits per heavy atom. The number of esters is 1. The molecule has 32 heavy (non-hydrogen) atoms. The summed E-state index contributed by atoms with van der Waals surface area (Å²) >= 11 is 2.78. The number of rotatable bonds is 4. The summed E-state index contributed by atoms with van der Waals surface area (Å²) in [5.41, 5.74) is -0.819. The second-order valence-corrected chi connectivity index (χ2v) is 9.21. The number of aromatic nitrogens is 2. The summed E-state index contributed by atoms with van der Waals surface area (Å²) in [5.74, 6) is -4.96. The molecule has 1 aromatic heterocycles. The first-order chi connectivity index (χ1) is 15.0. The number of hydrogen-bond acceptors (Lipinski definition) is 4. The number of carbonyl (C=O) groups is 1. The van der Waals surface area contributed by atoms with Crippen molar-refractivity contribution in [3.63, 3.8) is 0 Å². The van der Waals surface area contributed by atoms with Crippen molar-refractivity contribution in [3.8, 4) is 0 Å². The molecule has 2 heterocycles. The van der Waals surface area contributed by atoms with Crippen LogP contribution in [0, 0.1) is 28.7 Å². The smallest absolute Gasteiger partial charge is 0.338 e. The first kappa shape index (κ1) is 22.7. The van der Waals surface area contributed by atoms with E-state index in [4.69, 9.17) is 9.47 Å².